The molecule has 122 valence electrons. The third-order valence-electron chi connectivity index (χ3n) is 3.66. The van der Waals surface area contributed by atoms with Gasteiger partial charge in [0.2, 0.25) is 0 Å². The number of carbonyl (C=O) groups is 1. The van der Waals surface area contributed by atoms with E-state index >= 15 is 0 Å². The first-order chi connectivity index (χ1) is 10.5. The lowest BCUT2D eigenvalue weighted by Gasteiger charge is -2.29. The molecule has 1 unspecified atom stereocenters. The van der Waals surface area contributed by atoms with Crippen molar-refractivity contribution in [2.45, 2.75) is 25.0 Å². The van der Waals surface area contributed by atoms with Crippen LogP contribution < -0.4 is 15.4 Å². The highest BCUT2D eigenvalue weighted by Crippen LogP contribution is 2.20. The lowest BCUT2D eigenvalue weighted by atomic mass is 9.98. The first-order valence-electron chi connectivity index (χ1n) is 7.12. The fourth-order valence-electron chi connectivity index (χ4n) is 2.64. The van der Waals surface area contributed by atoms with E-state index in [1.807, 2.05) is 0 Å². The second kappa shape index (κ2) is 7.51. The van der Waals surface area contributed by atoms with Gasteiger partial charge in [0.25, 0.3) is 5.91 Å². The van der Waals surface area contributed by atoms with Gasteiger partial charge in [-0.25, -0.2) is 0 Å². The largest absolute Gasteiger partial charge is 0.435 e. The molecule has 1 aromatic rings. The Morgan fingerprint density at radius 3 is 2.95 bits per heavy atom. The number of rotatable bonds is 7. The molecule has 1 aliphatic heterocycles. The first-order valence-corrected chi connectivity index (χ1v) is 7.12. The lowest BCUT2D eigenvalue weighted by molar-refractivity contribution is -0.0498. The van der Waals surface area contributed by atoms with E-state index in [1.54, 1.807) is 13.2 Å². The van der Waals surface area contributed by atoms with E-state index in [9.17, 15) is 13.6 Å². The maximum absolute atomic E-state index is 12.2. The predicted octanol–water partition coefficient (Wildman–Crippen LogP) is 1.79. The molecule has 1 atom stereocenters. The fraction of sp³-hybridized carbons (Fsp3) is 0.533. The van der Waals surface area contributed by atoms with Gasteiger partial charge in [-0.15, -0.1) is 0 Å². The van der Waals surface area contributed by atoms with Crippen molar-refractivity contribution in [1.82, 2.24) is 10.6 Å². The first kappa shape index (κ1) is 16.6. The zero-order valence-corrected chi connectivity index (χ0v) is 12.4. The smallest absolute Gasteiger partial charge is 0.387 e. The molecule has 7 heteroatoms. The summed E-state index contributed by atoms with van der Waals surface area (Å²) in [4.78, 5) is 12.2. The van der Waals surface area contributed by atoms with Gasteiger partial charge in [0.1, 0.15) is 5.75 Å². The van der Waals surface area contributed by atoms with Crippen molar-refractivity contribution in [3.05, 3.63) is 29.8 Å². The van der Waals surface area contributed by atoms with Crippen LogP contribution in [0.15, 0.2) is 24.3 Å². The highest BCUT2D eigenvalue weighted by molar-refractivity contribution is 5.94. The van der Waals surface area contributed by atoms with Crippen LogP contribution in [0, 0.1) is 0 Å². The number of halogens is 2. The Morgan fingerprint density at radius 1 is 1.50 bits per heavy atom. The summed E-state index contributed by atoms with van der Waals surface area (Å²) >= 11 is 0. The number of benzene rings is 1. The molecule has 0 spiro atoms. The molecular weight excluding hydrogens is 294 g/mol. The summed E-state index contributed by atoms with van der Waals surface area (Å²) in [5.74, 6) is -0.364. The van der Waals surface area contributed by atoms with Crippen LogP contribution in [0.1, 0.15) is 23.2 Å². The summed E-state index contributed by atoms with van der Waals surface area (Å²) in [7, 11) is 1.62. The third kappa shape index (κ3) is 4.38. The minimum atomic E-state index is -2.91. The van der Waals surface area contributed by atoms with Gasteiger partial charge in [-0.05, 0) is 37.6 Å². The number of carbonyl (C=O) groups excluding carboxylic acids is 1. The van der Waals surface area contributed by atoms with E-state index in [2.05, 4.69) is 15.4 Å². The molecule has 1 aliphatic rings. The van der Waals surface area contributed by atoms with Crippen molar-refractivity contribution in [2.24, 2.45) is 0 Å². The molecule has 2 N–H and O–H groups in total. The minimum absolute atomic E-state index is 0.0340. The SMILES string of the molecule is COCC1(CNC(=O)c2cccc(OC(F)F)c2)CCCN1. The van der Waals surface area contributed by atoms with Gasteiger partial charge in [-0.2, -0.15) is 8.78 Å². The summed E-state index contributed by atoms with van der Waals surface area (Å²) in [6.45, 7) is -1.11. The Hall–Kier alpha value is -1.73. The molecule has 1 saturated heterocycles. The molecule has 22 heavy (non-hydrogen) atoms. The molecule has 0 saturated carbocycles. The molecule has 5 nitrogen and oxygen atoms in total. The van der Waals surface area contributed by atoms with Gasteiger partial charge in [-0.1, -0.05) is 6.07 Å². The van der Waals surface area contributed by atoms with Crippen LogP contribution in [-0.2, 0) is 4.74 Å². The van der Waals surface area contributed by atoms with Crippen LogP contribution in [0.5, 0.6) is 5.75 Å². The second-order valence-corrected chi connectivity index (χ2v) is 5.33. The van der Waals surface area contributed by atoms with Crippen LogP contribution in [0.25, 0.3) is 0 Å². The van der Waals surface area contributed by atoms with Crippen LogP contribution in [-0.4, -0.2) is 44.9 Å². The second-order valence-electron chi connectivity index (χ2n) is 5.33. The van der Waals surface area contributed by atoms with Crippen LogP contribution in [0.2, 0.25) is 0 Å². The Bertz CT molecular complexity index is 505. The summed E-state index contributed by atoms with van der Waals surface area (Å²) in [5.41, 5.74) is 0.0188. The summed E-state index contributed by atoms with van der Waals surface area (Å²) in [6.07, 6.45) is 1.94. The van der Waals surface area contributed by atoms with Crippen molar-refractivity contribution in [3.8, 4) is 5.75 Å². The molecule has 0 aliphatic carbocycles. The highest BCUT2D eigenvalue weighted by atomic mass is 19.3. The maximum Gasteiger partial charge on any atom is 0.387 e. The Morgan fingerprint density at radius 2 is 2.32 bits per heavy atom. The number of methoxy groups -OCH3 is 1. The Labute approximate surface area is 128 Å². The van der Waals surface area contributed by atoms with E-state index in [-0.39, 0.29) is 22.8 Å². The number of nitrogens with one attached hydrogen (secondary N) is 2. The average molecular weight is 314 g/mol. The predicted molar refractivity (Wildman–Crippen MR) is 77.3 cm³/mol. The Balaban J connectivity index is 1.97. The molecule has 1 fully saturated rings. The van der Waals surface area contributed by atoms with Crippen molar-refractivity contribution in [2.75, 3.05) is 26.8 Å². The van der Waals surface area contributed by atoms with Gasteiger partial charge in [0.05, 0.1) is 12.1 Å². The van der Waals surface area contributed by atoms with Crippen molar-refractivity contribution < 1.29 is 23.0 Å². The highest BCUT2D eigenvalue weighted by Gasteiger charge is 2.33. The fourth-order valence-corrected chi connectivity index (χ4v) is 2.64. The average Bonchev–Trinajstić information content (AvgIpc) is 2.94. The van der Waals surface area contributed by atoms with E-state index < -0.39 is 6.61 Å². The molecule has 1 amide bonds. The van der Waals surface area contributed by atoms with Crippen molar-refractivity contribution >= 4 is 5.91 Å². The zero-order valence-electron chi connectivity index (χ0n) is 12.4. The summed E-state index contributed by atoms with van der Waals surface area (Å²) in [5, 5.41) is 6.17. The van der Waals surface area contributed by atoms with Gasteiger partial charge >= 0.3 is 6.61 Å². The van der Waals surface area contributed by atoms with Gasteiger partial charge < -0.3 is 20.1 Å². The number of hydrogen-bond donors (Lipinski definition) is 2. The lowest BCUT2D eigenvalue weighted by Crippen LogP contribution is -2.53. The van der Waals surface area contributed by atoms with E-state index in [1.165, 1.54) is 18.2 Å². The molecule has 1 aromatic carbocycles. The normalized spacial score (nSPS) is 21.1. The Kier molecular flexibility index (Phi) is 5.68. The maximum atomic E-state index is 12.2. The number of hydrogen-bond acceptors (Lipinski definition) is 4. The number of ether oxygens (including phenoxy) is 2. The van der Waals surface area contributed by atoms with Crippen LogP contribution >= 0.6 is 0 Å². The van der Waals surface area contributed by atoms with Crippen molar-refractivity contribution in [1.29, 1.82) is 0 Å². The monoisotopic (exact) mass is 314 g/mol. The molecule has 0 aromatic heterocycles. The number of alkyl halides is 2. The van der Waals surface area contributed by atoms with Crippen molar-refractivity contribution in [3.63, 3.8) is 0 Å². The molecule has 1 heterocycles. The summed E-state index contributed by atoms with van der Waals surface area (Å²) in [6, 6.07) is 5.74. The quantitative estimate of drug-likeness (QED) is 0.805. The third-order valence-corrected chi connectivity index (χ3v) is 3.66. The van der Waals surface area contributed by atoms with E-state index in [0.29, 0.717) is 13.2 Å². The minimum Gasteiger partial charge on any atom is -0.435 e. The summed E-state index contributed by atoms with van der Waals surface area (Å²) < 4.78 is 33.9. The molecule has 2 rings (SSSR count). The zero-order chi connectivity index (χ0) is 16.0. The van der Waals surface area contributed by atoms with E-state index in [4.69, 9.17) is 4.74 Å². The molecule has 0 radical (unpaired) electrons. The number of amides is 1. The molecular formula is C15H20F2N2O3. The van der Waals surface area contributed by atoms with Crippen LogP contribution in [0.3, 0.4) is 0 Å². The van der Waals surface area contributed by atoms with Gasteiger partial charge in [0.15, 0.2) is 0 Å². The molecule has 0 bridgehead atoms. The van der Waals surface area contributed by atoms with E-state index in [0.717, 1.165) is 19.4 Å². The standard InChI is InChI=1S/C15H20F2N2O3/c1-21-10-15(6-3-7-19-15)9-18-13(20)11-4-2-5-12(8-11)22-14(16)17/h2,4-5,8,14,19H,3,6-7,9-10H2,1H3,(H,18,20). The topological polar surface area (TPSA) is 59.6 Å². The van der Waals surface area contributed by atoms with Crippen LogP contribution in [0.4, 0.5) is 8.78 Å². The van der Waals surface area contributed by atoms with Gasteiger partial charge in [-0.3, -0.25) is 4.79 Å². The van der Waals surface area contributed by atoms with Gasteiger partial charge in [0, 0.05) is 19.2 Å².